The van der Waals surface area contributed by atoms with E-state index < -0.39 is 5.41 Å². The second kappa shape index (κ2) is 7.36. The molecule has 0 aliphatic carbocycles. The molecule has 0 aliphatic rings. The van der Waals surface area contributed by atoms with Crippen LogP contribution in [0.1, 0.15) is 20.8 Å². The first-order valence-electron chi connectivity index (χ1n) is 6.81. The third-order valence-corrected chi connectivity index (χ3v) is 2.55. The Morgan fingerprint density at radius 2 is 1.55 bits per heavy atom. The van der Waals surface area contributed by atoms with E-state index in [-0.39, 0.29) is 11.7 Å². The molecule has 5 nitrogen and oxygen atoms in total. The summed E-state index contributed by atoms with van der Waals surface area (Å²) in [5.41, 5.74) is 11.5. The lowest BCUT2D eigenvalue weighted by Gasteiger charge is -2.16. The lowest BCUT2D eigenvalue weighted by atomic mass is 9.97. The molecule has 0 atom stereocenters. The van der Waals surface area contributed by atoms with Gasteiger partial charge < -0.3 is 21.3 Å². The zero-order chi connectivity index (χ0) is 16.8. The Morgan fingerprint density at radius 3 is 1.95 bits per heavy atom. The summed E-state index contributed by atoms with van der Waals surface area (Å²) in [6, 6.07) is 13.3. The van der Waals surface area contributed by atoms with Crippen molar-refractivity contribution in [3.8, 4) is 11.5 Å². The molecule has 0 aliphatic heterocycles. The molecule has 0 fully saturated rings. The van der Waals surface area contributed by atoms with E-state index in [2.05, 4.69) is 0 Å². The summed E-state index contributed by atoms with van der Waals surface area (Å²) in [5, 5.41) is 8.73. The van der Waals surface area contributed by atoms with Crippen LogP contribution >= 0.6 is 0 Å². The first-order chi connectivity index (χ1) is 10.2. The van der Waals surface area contributed by atoms with E-state index in [1.165, 1.54) is 6.07 Å². The maximum Gasteiger partial charge on any atom is 0.316 e. The van der Waals surface area contributed by atoms with Crippen molar-refractivity contribution < 1.29 is 14.6 Å². The minimum absolute atomic E-state index is 0.213. The van der Waals surface area contributed by atoms with Crippen molar-refractivity contribution in [1.29, 1.82) is 0 Å². The standard InChI is InChI=1S/C11H15NO2.C6H7NO/c1-11(2,3)10(13)14-9-6-4-5-8(12)7-9;7-5-2-1-3-6(8)4-5/h4-7H,12H2,1-3H3;1-4,8H,7H2. The minimum atomic E-state index is -0.495. The van der Waals surface area contributed by atoms with Crippen LogP contribution in [0.25, 0.3) is 0 Å². The third kappa shape index (κ3) is 6.17. The first-order valence-corrected chi connectivity index (χ1v) is 6.81. The zero-order valence-electron chi connectivity index (χ0n) is 13.0. The summed E-state index contributed by atoms with van der Waals surface area (Å²) in [6.45, 7) is 5.42. The molecule has 0 spiro atoms. The van der Waals surface area contributed by atoms with Crippen LogP contribution in [0.15, 0.2) is 48.5 Å². The van der Waals surface area contributed by atoms with Crippen LogP contribution in [0, 0.1) is 5.41 Å². The minimum Gasteiger partial charge on any atom is -0.508 e. The highest BCUT2D eigenvalue weighted by Crippen LogP contribution is 2.20. The number of carbonyl (C=O) groups excluding carboxylic acids is 1. The molecule has 118 valence electrons. The number of phenolic OH excluding ortho intramolecular Hbond substituents is 1. The number of anilines is 2. The van der Waals surface area contributed by atoms with Gasteiger partial charge in [0.25, 0.3) is 0 Å². The molecular formula is C17H22N2O3. The fourth-order valence-corrected chi connectivity index (χ4v) is 1.36. The molecule has 5 N–H and O–H groups in total. The van der Waals surface area contributed by atoms with E-state index in [1.54, 1.807) is 42.5 Å². The first kappa shape index (κ1) is 17.4. The number of carbonyl (C=O) groups is 1. The number of phenols is 1. The van der Waals surface area contributed by atoms with Gasteiger partial charge in [-0.15, -0.1) is 0 Å². The summed E-state index contributed by atoms with van der Waals surface area (Å²) in [5.74, 6) is 0.443. The van der Waals surface area contributed by atoms with E-state index in [1.807, 2.05) is 20.8 Å². The average Bonchev–Trinajstić information content (AvgIpc) is 2.38. The number of hydrogen-bond acceptors (Lipinski definition) is 5. The van der Waals surface area contributed by atoms with Crippen LogP contribution in [0.5, 0.6) is 11.5 Å². The molecule has 5 heteroatoms. The fraction of sp³-hybridized carbons (Fsp3) is 0.235. The van der Waals surface area contributed by atoms with E-state index in [9.17, 15) is 4.79 Å². The summed E-state index contributed by atoms with van der Waals surface area (Å²) in [7, 11) is 0. The zero-order valence-corrected chi connectivity index (χ0v) is 13.0. The molecule has 2 aromatic rings. The van der Waals surface area contributed by atoms with Gasteiger partial charge in [-0.25, -0.2) is 0 Å². The van der Waals surface area contributed by atoms with E-state index in [0.717, 1.165) is 0 Å². The number of nitrogen functional groups attached to an aromatic ring is 2. The smallest absolute Gasteiger partial charge is 0.316 e. The number of aromatic hydroxyl groups is 1. The Bertz CT molecular complexity index is 617. The van der Waals surface area contributed by atoms with Crippen molar-refractivity contribution in [3.63, 3.8) is 0 Å². The Morgan fingerprint density at radius 1 is 1.00 bits per heavy atom. The highest BCUT2D eigenvalue weighted by atomic mass is 16.5. The maximum atomic E-state index is 11.5. The maximum absolute atomic E-state index is 11.5. The number of hydrogen-bond donors (Lipinski definition) is 3. The van der Waals surface area contributed by atoms with E-state index >= 15 is 0 Å². The van der Waals surface area contributed by atoms with Gasteiger partial charge in [0.05, 0.1) is 5.41 Å². The van der Waals surface area contributed by atoms with Gasteiger partial charge in [0.15, 0.2) is 0 Å². The molecule has 0 unspecified atom stereocenters. The number of benzene rings is 2. The molecule has 0 aromatic heterocycles. The van der Waals surface area contributed by atoms with Crippen LogP contribution in [0.3, 0.4) is 0 Å². The molecule has 2 rings (SSSR count). The quantitative estimate of drug-likeness (QED) is 0.427. The molecule has 0 saturated heterocycles. The topological polar surface area (TPSA) is 98.6 Å². The Hall–Kier alpha value is -2.69. The van der Waals surface area contributed by atoms with Gasteiger partial charge in [0.2, 0.25) is 0 Å². The Kier molecular flexibility index (Phi) is 5.81. The van der Waals surface area contributed by atoms with Gasteiger partial charge in [0, 0.05) is 23.5 Å². The lowest BCUT2D eigenvalue weighted by molar-refractivity contribution is -0.142. The second-order valence-electron chi connectivity index (χ2n) is 5.81. The number of esters is 1. The predicted octanol–water partition coefficient (Wildman–Crippen LogP) is 3.19. The largest absolute Gasteiger partial charge is 0.508 e. The van der Waals surface area contributed by atoms with E-state index in [4.69, 9.17) is 21.3 Å². The molecule has 2 aromatic carbocycles. The van der Waals surface area contributed by atoms with Gasteiger partial charge in [-0.1, -0.05) is 12.1 Å². The summed E-state index contributed by atoms with van der Waals surface area (Å²) in [4.78, 5) is 11.5. The van der Waals surface area contributed by atoms with Crippen molar-refractivity contribution in [1.82, 2.24) is 0 Å². The molecular weight excluding hydrogens is 280 g/mol. The summed E-state index contributed by atoms with van der Waals surface area (Å²) < 4.78 is 5.14. The van der Waals surface area contributed by atoms with Crippen LogP contribution < -0.4 is 16.2 Å². The van der Waals surface area contributed by atoms with Gasteiger partial charge in [-0.2, -0.15) is 0 Å². The molecule has 0 radical (unpaired) electrons. The van der Waals surface area contributed by atoms with E-state index in [0.29, 0.717) is 17.1 Å². The van der Waals surface area contributed by atoms with Crippen molar-refractivity contribution in [2.75, 3.05) is 11.5 Å². The van der Waals surface area contributed by atoms with Gasteiger partial charge in [0.1, 0.15) is 11.5 Å². The third-order valence-electron chi connectivity index (χ3n) is 2.55. The number of rotatable bonds is 1. The van der Waals surface area contributed by atoms with Crippen LogP contribution in [-0.2, 0) is 4.79 Å². The van der Waals surface area contributed by atoms with Gasteiger partial charge in [-0.3, -0.25) is 4.79 Å². The van der Waals surface area contributed by atoms with Crippen LogP contribution in [0.2, 0.25) is 0 Å². The van der Waals surface area contributed by atoms with Gasteiger partial charge >= 0.3 is 5.97 Å². The van der Waals surface area contributed by atoms with Gasteiger partial charge in [-0.05, 0) is 45.0 Å². The molecule has 0 saturated carbocycles. The number of nitrogens with two attached hydrogens (primary N) is 2. The Labute approximate surface area is 130 Å². The molecule has 22 heavy (non-hydrogen) atoms. The van der Waals surface area contributed by atoms with Crippen molar-refractivity contribution in [2.24, 2.45) is 5.41 Å². The summed E-state index contributed by atoms with van der Waals surface area (Å²) >= 11 is 0. The molecule has 0 heterocycles. The Balaban J connectivity index is 0.000000255. The van der Waals surface area contributed by atoms with Crippen molar-refractivity contribution in [2.45, 2.75) is 20.8 Å². The number of ether oxygens (including phenoxy) is 1. The summed E-state index contributed by atoms with van der Waals surface area (Å²) in [6.07, 6.45) is 0. The van der Waals surface area contributed by atoms with Crippen LogP contribution in [-0.4, -0.2) is 11.1 Å². The van der Waals surface area contributed by atoms with Crippen molar-refractivity contribution in [3.05, 3.63) is 48.5 Å². The lowest BCUT2D eigenvalue weighted by Crippen LogP contribution is -2.25. The predicted molar refractivity (Wildman–Crippen MR) is 88.5 cm³/mol. The normalized spacial score (nSPS) is 10.3. The molecule has 0 bridgehead atoms. The highest BCUT2D eigenvalue weighted by molar-refractivity contribution is 5.78. The fourth-order valence-electron chi connectivity index (χ4n) is 1.36. The average molecular weight is 302 g/mol. The monoisotopic (exact) mass is 302 g/mol. The highest BCUT2D eigenvalue weighted by Gasteiger charge is 2.23. The van der Waals surface area contributed by atoms with Crippen molar-refractivity contribution >= 4 is 17.3 Å². The second-order valence-corrected chi connectivity index (χ2v) is 5.81. The van der Waals surface area contributed by atoms with Crippen LogP contribution in [0.4, 0.5) is 11.4 Å². The SMILES string of the molecule is CC(C)(C)C(=O)Oc1cccc(N)c1.Nc1cccc(O)c1. The molecule has 0 amide bonds.